The van der Waals surface area contributed by atoms with E-state index < -0.39 is 0 Å². The van der Waals surface area contributed by atoms with Gasteiger partial charge in [0.05, 0.1) is 17.3 Å². The Labute approximate surface area is 174 Å². The summed E-state index contributed by atoms with van der Waals surface area (Å²) in [5, 5.41) is 0. The van der Waals surface area contributed by atoms with Gasteiger partial charge in [-0.15, -0.1) is 0 Å². The summed E-state index contributed by atoms with van der Waals surface area (Å²) in [6.07, 6.45) is 14.3. The molecule has 3 rings (SSSR count). The molecule has 0 unspecified atom stereocenters. The van der Waals surface area contributed by atoms with Gasteiger partial charge >= 0.3 is 0 Å². The quantitative estimate of drug-likeness (QED) is 0.435. The molecule has 0 heterocycles. The van der Waals surface area contributed by atoms with Crippen LogP contribution in [-0.4, -0.2) is 47.9 Å². The smallest absolute Gasteiger partial charge is 0.0612 e. The molecule has 0 N–H and O–H groups in total. The molecule has 0 aromatic rings. The predicted octanol–water partition coefficient (Wildman–Crippen LogP) is 6.20. The van der Waals surface area contributed by atoms with Gasteiger partial charge in [0.1, 0.15) is 0 Å². The molecule has 0 saturated heterocycles. The summed E-state index contributed by atoms with van der Waals surface area (Å²) >= 11 is 0. The van der Waals surface area contributed by atoms with Crippen LogP contribution >= 0.6 is 0 Å². The molecule has 0 aromatic heterocycles. The van der Waals surface area contributed by atoms with Gasteiger partial charge in [-0.05, 0) is 105 Å². The Balaban J connectivity index is 1.21. The normalized spacial score (nSPS) is 35.6. The van der Waals surface area contributed by atoms with Crippen LogP contribution in [0.25, 0.3) is 0 Å². The second-order valence-electron chi connectivity index (χ2n) is 12.3. The summed E-state index contributed by atoms with van der Waals surface area (Å²) in [4.78, 5) is 2.69. The lowest BCUT2D eigenvalue weighted by atomic mass is 9.49. The van der Waals surface area contributed by atoms with Crippen LogP contribution in [0.15, 0.2) is 0 Å². The van der Waals surface area contributed by atoms with E-state index in [0.29, 0.717) is 6.10 Å². The summed E-state index contributed by atoms with van der Waals surface area (Å²) in [6, 6.07) is 1.61. The Hall–Kier alpha value is -0.120. The summed E-state index contributed by atoms with van der Waals surface area (Å²) < 4.78 is 11.9. The first-order chi connectivity index (χ1) is 12.9. The largest absolute Gasteiger partial charge is 0.376 e. The number of nitrogens with zero attached hydrogens (tertiary/aromatic N) is 1. The minimum Gasteiger partial charge on any atom is -0.376 e. The highest BCUT2D eigenvalue weighted by Gasteiger charge is 2.54. The van der Waals surface area contributed by atoms with Crippen LogP contribution < -0.4 is 0 Å². The van der Waals surface area contributed by atoms with Gasteiger partial charge in [0.15, 0.2) is 0 Å². The highest BCUT2D eigenvalue weighted by atomic mass is 16.5. The first-order valence-corrected chi connectivity index (χ1v) is 12.0. The highest BCUT2D eigenvalue weighted by Crippen LogP contribution is 2.61. The average Bonchev–Trinajstić information content (AvgIpc) is 2.43. The molecule has 0 atom stereocenters. The lowest BCUT2D eigenvalue weighted by molar-refractivity contribution is -0.145. The van der Waals surface area contributed by atoms with Crippen LogP contribution in [0.2, 0.25) is 0 Å². The topological polar surface area (TPSA) is 21.7 Å². The fraction of sp³-hybridized carbons (Fsp3) is 1.00. The van der Waals surface area contributed by atoms with Crippen LogP contribution in [0.3, 0.4) is 0 Å². The molecule has 3 aliphatic rings. The Bertz CT molecular complexity index is 484. The molecule has 28 heavy (non-hydrogen) atoms. The predicted molar refractivity (Wildman–Crippen MR) is 118 cm³/mol. The molecule has 3 fully saturated rings. The van der Waals surface area contributed by atoms with Crippen molar-refractivity contribution in [2.45, 2.75) is 135 Å². The van der Waals surface area contributed by atoms with Crippen molar-refractivity contribution in [3.8, 4) is 0 Å². The zero-order valence-electron chi connectivity index (χ0n) is 19.9. The van der Waals surface area contributed by atoms with Crippen LogP contribution in [0.1, 0.15) is 106 Å². The van der Waals surface area contributed by atoms with Crippen molar-refractivity contribution in [2.24, 2.45) is 11.3 Å². The minimum absolute atomic E-state index is 0.00922. The number of unbranched alkanes of at least 4 members (excludes halogenated alkanes) is 2. The standard InChI is InChI=1S/C25H47NO2/c1-23(2,3)27-12-10-8-9-11-19-15-25(16-19)17-21(18-25)26(7)20-13-22(14-20)28-24(4,5)6/h19-22H,8-18H2,1-7H3. The van der Waals surface area contributed by atoms with Crippen molar-refractivity contribution in [1.29, 1.82) is 0 Å². The molecule has 164 valence electrons. The van der Waals surface area contributed by atoms with Gasteiger partial charge in [0.2, 0.25) is 0 Å². The SMILES string of the molecule is CN(C1CC(OC(C)(C)C)C1)C1CC2(CC(CCCCCOC(C)(C)C)C2)C1. The molecule has 3 aliphatic carbocycles. The Morgan fingerprint density at radius 3 is 2.04 bits per heavy atom. The van der Waals surface area contributed by atoms with E-state index in [2.05, 4.69) is 53.5 Å². The van der Waals surface area contributed by atoms with Gasteiger partial charge in [-0.2, -0.15) is 0 Å². The molecule has 0 bridgehead atoms. The molecule has 1 spiro atoms. The van der Waals surface area contributed by atoms with Crippen molar-refractivity contribution >= 4 is 0 Å². The molecule has 3 saturated carbocycles. The van der Waals surface area contributed by atoms with Gasteiger partial charge in [0, 0.05) is 18.7 Å². The van der Waals surface area contributed by atoms with E-state index in [-0.39, 0.29) is 11.2 Å². The molecule has 3 heteroatoms. The van der Waals surface area contributed by atoms with Crippen molar-refractivity contribution < 1.29 is 9.47 Å². The van der Waals surface area contributed by atoms with E-state index in [9.17, 15) is 0 Å². The number of rotatable bonds is 9. The number of hydrogen-bond acceptors (Lipinski definition) is 3. The maximum Gasteiger partial charge on any atom is 0.0612 e. The lowest BCUT2D eigenvalue weighted by Crippen LogP contribution is -2.60. The Morgan fingerprint density at radius 1 is 0.821 bits per heavy atom. The van der Waals surface area contributed by atoms with Crippen molar-refractivity contribution in [2.75, 3.05) is 13.7 Å². The zero-order chi connectivity index (χ0) is 20.6. The zero-order valence-corrected chi connectivity index (χ0v) is 19.9. The molecule has 0 radical (unpaired) electrons. The number of ether oxygens (including phenoxy) is 2. The Morgan fingerprint density at radius 2 is 1.46 bits per heavy atom. The Kier molecular flexibility index (Phi) is 6.89. The highest BCUT2D eigenvalue weighted by molar-refractivity contribution is 5.07. The average molecular weight is 394 g/mol. The van der Waals surface area contributed by atoms with E-state index in [1.165, 1.54) is 64.2 Å². The molecule has 3 nitrogen and oxygen atoms in total. The fourth-order valence-corrected chi connectivity index (χ4v) is 5.79. The monoisotopic (exact) mass is 393 g/mol. The van der Waals surface area contributed by atoms with Crippen LogP contribution in [0.4, 0.5) is 0 Å². The molecule has 0 aromatic carbocycles. The maximum absolute atomic E-state index is 6.12. The van der Waals surface area contributed by atoms with Crippen LogP contribution in [0.5, 0.6) is 0 Å². The van der Waals surface area contributed by atoms with E-state index in [0.717, 1.165) is 30.0 Å². The molecular formula is C25H47NO2. The summed E-state index contributed by atoms with van der Waals surface area (Å²) in [6.45, 7) is 13.9. The molecular weight excluding hydrogens is 346 g/mol. The van der Waals surface area contributed by atoms with E-state index in [1.807, 2.05) is 0 Å². The van der Waals surface area contributed by atoms with Gasteiger partial charge in [0.25, 0.3) is 0 Å². The van der Waals surface area contributed by atoms with E-state index in [1.54, 1.807) is 0 Å². The summed E-state index contributed by atoms with van der Waals surface area (Å²) in [5.41, 5.74) is 0.771. The first kappa shape index (κ1) is 22.6. The first-order valence-electron chi connectivity index (χ1n) is 12.0. The number of hydrogen-bond donors (Lipinski definition) is 0. The molecule has 0 amide bonds. The summed E-state index contributed by atoms with van der Waals surface area (Å²) in [5.74, 6) is 1.02. The van der Waals surface area contributed by atoms with E-state index >= 15 is 0 Å². The van der Waals surface area contributed by atoms with E-state index in [4.69, 9.17) is 9.47 Å². The lowest BCUT2D eigenvalue weighted by Gasteiger charge is -2.61. The van der Waals surface area contributed by atoms with Crippen LogP contribution in [-0.2, 0) is 9.47 Å². The van der Waals surface area contributed by atoms with Crippen molar-refractivity contribution in [3.63, 3.8) is 0 Å². The third kappa shape index (κ3) is 6.19. The second-order valence-corrected chi connectivity index (χ2v) is 12.3. The van der Waals surface area contributed by atoms with Crippen molar-refractivity contribution in [1.82, 2.24) is 4.90 Å². The maximum atomic E-state index is 6.12. The van der Waals surface area contributed by atoms with Gasteiger partial charge < -0.3 is 14.4 Å². The molecule has 0 aliphatic heterocycles. The third-order valence-electron chi connectivity index (χ3n) is 7.31. The summed E-state index contributed by atoms with van der Waals surface area (Å²) in [7, 11) is 2.37. The second kappa shape index (κ2) is 8.55. The minimum atomic E-state index is 0.00922. The van der Waals surface area contributed by atoms with Crippen LogP contribution in [0, 0.1) is 11.3 Å². The van der Waals surface area contributed by atoms with Gasteiger partial charge in [-0.3, -0.25) is 0 Å². The third-order valence-corrected chi connectivity index (χ3v) is 7.31. The van der Waals surface area contributed by atoms with Gasteiger partial charge in [-0.25, -0.2) is 0 Å². The van der Waals surface area contributed by atoms with Gasteiger partial charge in [-0.1, -0.05) is 19.3 Å². The van der Waals surface area contributed by atoms with Crippen molar-refractivity contribution in [3.05, 3.63) is 0 Å². The fourth-order valence-electron chi connectivity index (χ4n) is 5.79.